The number of hydrogen-bond acceptors (Lipinski definition) is 4. The Morgan fingerprint density at radius 2 is 2.29 bits per heavy atom. The number of rotatable bonds is 6. The third-order valence-corrected chi connectivity index (χ3v) is 5.09. The van der Waals surface area contributed by atoms with E-state index in [9.17, 15) is 9.00 Å². The van der Waals surface area contributed by atoms with Crippen LogP contribution < -0.4 is 5.32 Å². The number of carbonyl (C=O) groups excluding carboxylic acids is 1. The highest BCUT2D eigenvalue weighted by Gasteiger charge is 2.11. The van der Waals surface area contributed by atoms with E-state index >= 15 is 0 Å². The van der Waals surface area contributed by atoms with Gasteiger partial charge in [0.05, 0.1) is 16.5 Å². The molecular formula is C14H15ClN2O2S2. The van der Waals surface area contributed by atoms with Crippen LogP contribution in [0.5, 0.6) is 0 Å². The molecule has 0 aliphatic carbocycles. The van der Waals surface area contributed by atoms with Gasteiger partial charge in [0.2, 0.25) is 5.91 Å². The molecule has 0 saturated carbocycles. The minimum Gasteiger partial charge on any atom is -0.325 e. The van der Waals surface area contributed by atoms with Crippen LogP contribution >= 0.6 is 22.9 Å². The van der Waals surface area contributed by atoms with E-state index in [1.807, 2.05) is 12.3 Å². The number of nitrogens with zero attached hydrogens (tertiary/aromatic N) is 1. The molecule has 4 nitrogen and oxygen atoms in total. The molecule has 0 aliphatic rings. The Balaban J connectivity index is 1.86. The van der Waals surface area contributed by atoms with E-state index in [1.54, 1.807) is 35.6 Å². The molecule has 0 fully saturated rings. The minimum atomic E-state index is -1.27. The number of thiazole rings is 1. The summed E-state index contributed by atoms with van der Waals surface area (Å²) in [7, 11) is -1.27. The molecule has 1 amide bonds. The second kappa shape index (κ2) is 7.68. The lowest BCUT2D eigenvalue weighted by molar-refractivity contribution is -0.113. The van der Waals surface area contributed by atoms with Crippen LogP contribution in [-0.2, 0) is 27.8 Å². The molecule has 2 aromatic rings. The highest BCUT2D eigenvalue weighted by Crippen LogP contribution is 2.15. The molecule has 1 atom stereocenters. The highest BCUT2D eigenvalue weighted by molar-refractivity contribution is 7.84. The molecule has 1 aromatic carbocycles. The van der Waals surface area contributed by atoms with E-state index < -0.39 is 10.8 Å². The van der Waals surface area contributed by atoms with Crippen molar-refractivity contribution in [3.05, 3.63) is 45.4 Å². The molecule has 1 heterocycles. The maximum Gasteiger partial charge on any atom is 0.237 e. The Kier molecular flexibility index (Phi) is 5.90. The second-order valence-electron chi connectivity index (χ2n) is 4.37. The van der Waals surface area contributed by atoms with Gasteiger partial charge in [0, 0.05) is 26.9 Å². The van der Waals surface area contributed by atoms with Crippen molar-refractivity contribution in [2.45, 2.75) is 19.1 Å². The first-order valence-electron chi connectivity index (χ1n) is 6.40. The molecule has 2 rings (SSSR count). The monoisotopic (exact) mass is 342 g/mol. The summed E-state index contributed by atoms with van der Waals surface area (Å²) in [5, 5.41) is 6.14. The van der Waals surface area contributed by atoms with Gasteiger partial charge in [-0.15, -0.1) is 11.3 Å². The third kappa shape index (κ3) is 5.22. The normalized spacial score (nSPS) is 12.1. The van der Waals surface area contributed by atoms with Crippen LogP contribution in [0.2, 0.25) is 5.02 Å². The Bertz CT molecular complexity index is 658. The van der Waals surface area contributed by atoms with Crippen LogP contribution in [0.4, 0.5) is 5.69 Å². The first-order chi connectivity index (χ1) is 10.1. The van der Waals surface area contributed by atoms with Crippen molar-refractivity contribution in [1.29, 1.82) is 0 Å². The Hall–Kier alpha value is -1.24. The Labute approximate surface area is 135 Å². The molecule has 0 radical (unpaired) electrons. The van der Waals surface area contributed by atoms with Gasteiger partial charge in [0.25, 0.3) is 0 Å². The molecule has 1 N–H and O–H groups in total. The van der Waals surface area contributed by atoms with Crippen molar-refractivity contribution in [3.8, 4) is 0 Å². The molecule has 0 bridgehead atoms. The van der Waals surface area contributed by atoms with Gasteiger partial charge in [0.1, 0.15) is 5.75 Å². The summed E-state index contributed by atoms with van der Waals surface area (Å²) < 4.78 is 12.0. The molecule has 0 saturated heterocycles. The Morgan fingerprint density at radius 1 is 1.48 bits per heavy atom. The lowest BCUT2D eigenvalue weighted by atomic mass is 10.3. The van der Waals surface area contributed by atoms with E-state index in [-0.39, 0.29) is 11.7 Å². The van der Waals surface area contributed by atoms with Gasteiger partial charge in [-0.2, -0.15) is 0 Å². The summed E-state index contributed by atoms with van der Waals surface area (Å²) in [6.07, 6.45) is 0.868. The first kappa shape index (κ1) is 16.1. The van der Waals surface area contributed by atoms with E-state index in [0.29, 0.717) is 16.5 Å². The molecule has 1 aromatic heterocycles. The predicted octanol–water partition coefficient (Wildman–Crippen LogP) is 3.25. The zero-order valence-corrected chi connectivity index (χ0v) is 13.9. The lowest BCUT2D eigenvalue weighted by Gasteiger charge is -2.05. The number of carbonyl (C=O) groups is 1. The topological polar surface area (TPSA) is 59.1 Å². The van der Waals surface area contributed by atoms with Crippen molar-refractivity contribution in [1.82, 2.24) is 4.98 Å². The second-order valence-corrected chi connectivity index (χ2v) is 7.21. The average Bonchev–Trinajstić information content (AvgIpc) is 2.85. The smallest absolute Gasteiger partial charge is 0.237 e. The number of hydrogen-bond donors (Lipinski definition) is 1. The summed E-state index contributed by atoms with van der Waals surface area (Å²) in [4.78, 5) is 16.2. The van der Waals surface area contributed by atoms with Crippen molar-refractivity contribution in [3.63, 3.8) is 0 Å². The van der Waals surface area contributed by atoms with Crippen molar-refractivity contribution in [2.24, 2.45) is 0 Å². The van der Waals surface area contributed by atoms with Crippen LogP contribution in [0.3, 0.4) is 0 Å². The van der Waals surface area contributed by atoms with E-state index in [0.717, 1.165) is 17.1 Å². The lowest BCUT2D eigenvalue weighted by Crippen LogP contribution is -2.20. The number of aryl methyl sites for hydroxylation is 1. The van der Waals surface area contributed by atoms with Gasteiger partial charge in [-0.3, -0.25) is 9.00 Å². The largest absolute Gasteiger partial charge is 0.325 e. The van der Waals surface area contributed by atoms with Crippen LogP contribution in [0.1, 0.15) is 17.6 Å². The SMILES string of the molecule is CCc1nc(C[S@](=O)CC(=O)Nc2cccc(Cl)c2)cs1. The van der Waals surface area contributed by atoms with Gasteiger partial charge in [-0.1, -0.05) is 24.6 Å². The molecule has 0 aliphatic heterocycles. The summed E-state index contributed by atoms with van der Waals surface area (Å²) in [6.45, 7) is 2.03. The van der Waals surface area contributed by atoms with Gasteiger partial charge in [0.15, 0.2) is 0 Å². The predicted molar refractivity (Wildman–Crippen MR) is 88.3 cm³/mol. The van der Waals surface area contributed by atoms with Crippen LogP contribution in [-0.4, -0.2) is 20.9 Å². The molecule has 7 heteroatoms. The summed E-state index contributed by atoms with van der Waals surface area (Å²) in [5.74, 6) is -0.0353. The van der Waals surface area contributed by atoms with Gasteiger partial charge in [-0.05, 0) is 24.6 Å². The fourth-order valence-corrected chi connectivity index (χ4v) is 3.69. The number of anilines is 1. The quantitative estimate of drug-likeness (QED) is 0.876. The summed E-state index contributed by atoms with van der Waals surface area (Å²) in [6, 6.07) is 6.86. The fourth-order valence-electron chi connectivity index (χ4n) is 1.70. The van der Waals surface area contributed by atoms with E-state index in [2.05, 4.69) is 10.3 Å². The standard InChI is InChI=1S/C14H15ClN2O2S2/c1-2-14-17-12(7-20-14)8-21(19)9-13(18)16-11-5-3-4-10(15)6-11/h3-7H,2,8-9H2,1H3,(H,16,18)/t21-/m0/s1. The van der Waals surface area contributed by atoms with Crippen LogP contribution in [0.25, 0.3) is 0 Å². The molecule has 0 spiro atoms. The van der Waals surface area contributed by atoms with Crippen molar-refractivity contribution in [2.75, 3.05) is 11.1 Å². The summed E-state index contributed by atoms with van der Waals surface area (Å²) >= 11 is 7.39. The van der Waals surface area contributed by atoms with Crippen molar-refractivity contribution < 1.29 is 9.00 Å². The zero-order chi connectivity index (χ0) is 15.2. The molecule has 21 heavy (non-hydrogen) atoms. The highest BCUT2D eigenvalue weighted by atomic mass is 35.5. The number of amides is 1. The Morgan fingerprint density at radius 3 is 2.95 bits per heavy atom. The average molecular weight is 343 g/mol. The van der Waals surface area contributed by atoms with E-state index in [1.165, 1.54) is 0 Å². The number of benzene rings is 1. The maximum absolute atomic E-state index is 12.0. The zero-order valence-electron chi connectivity index (χ0n) is 11.5. The number of aromatic nitrogens is 1. The van der Waals surface area contributed by atoms with E-state index in [4.69, 9.17) is 11.6 Å². The molecule has 112 valence electrons. The molecular weight excluding hydrogens is 328 g/mol. The maximum atomic E-state index is 12.0. The van der Waals surface area contributed by atoms with Crippen molar-refractivity contribution >= 4 is 45.3 Å². The molecule has 0 unspecified atom stereocenters. The first-order valence-corrected chi connectivity index (χ1v) is 9.15. The number of halogens is 1. The minimum absolute atomic E-state index is 0.0501. The van der Waals surface area contributed by atoms with Crippen LogP contribution in [0.15, 0.2) is 29.6 Å². The number of nitrogens with one attached hydrogen (secondary N) is 1. The van der Waals surface area contributed by atoms with Gasteiger partial charge < -0.3 is 5.32 Å². The fraction of sp³-hybridized carbons (Fsp3) is 0.286. The van der Waals surface area contributed by atoms with Gasteiger partial charge in [-0.25, -0.2) is 4.98 Å². The van der Waals surface area contributed by atoms with Crippen LogP contribution in [0, 0.1) is 0 Å². The summed E-state index contributed by atoms with van der Waals surface area (Å²) in [5.41, 5.74) is 1.39. The third-order valence-electron chi connectivity index (χ3n) is 2.61. The van der Waals surface area contributed by atoms with Gasteiger partial charge >= 0.3 is 0 Å².